The van der Waals surface area contributed by atoms with Gasteiger partial charge >= 0.3 is 0 Å². The third kappa shape index (κ3) is 5.52. The molecule has 8 nitrogen and oxygen atoms in total. The van der Waals surface area contributed by atoms with Gasteiger partial charge in [-0.1, -0.05) is 25.1 Å². The molecule has 3 aromatic rings. The number of para-hydroxylation sites is 1. The fourth-order valence-electron chi connectivity index (χ4n) is 3.55. The van der Waals surface area contributed by atoms with E-state index in [0.717, 1.165) is 34.6 Å². The summed E-state index contributed by atoms with van der Waals surface area (Å²) in [5.74, 6) is 1.09. The number of anilines is 1. The number of aliphatic imine (C=N–C) groups is 1. The molecular formula is C25H31N5O3. The van der Waals surface area contributed by atoms with Crippen LogP contribution in [0.2, 0.25) is 0 Å². The molecule has 8 heteroatoms. The summed E-state index contributed by atoms with van der Waals surface area (Å²) in [7, 11) is 5.00. The van der Waals surface area contributed by atoms with Crippen LogP contribution in [0, 0.1) is 13.8 Å². The molecule has 33 heavy (non-hydrogen) atoms. The highest BCUT2D eigenvalue weighted by Crippen LogP contribution is 2.27. The summed E-state index contributed by atoms with van der Waals surface area (Å²) < 4.78 is 12.4. The predicted octanol–water partition coefficient (Wildman–Crippen LogP) is 4.01. The number of hydrogen-bond acceptors (Lipinski definition) is 5. The molecule has 3 rings (SSSR count). The van der Waals surface area contributed by atoms with Gasteiger partial charge in [0.1, 0.15) is 0 Å². The van der Waals surface area contributed by atoms with Gasteiger partial charge in [0.2, 0.25) is 5.96 Å². The molecular weight excluding hydrogens is 418 g/mol. The van der Waals surface area contributed by atoms with Gasteiger partial charge in [-0.05, 0) is 50.1 Å². The lowest BCUT2D eigenvalue weighted by atomic mass is 10.1. The standard InChI is InChI=1S/C25H31N5O3/c1-7-18-10-8-9-11-21(18)27-25(26-15-20-16(2)29-30(4)17(20)3)28-24(31)19-12-13-22(32-5)23(14-19)33-6/h8-14H,7,15H2,1-6H3,(H2,26,27,28,31). The van der Waals surface area contributed by atoms with E-state index in [-0.39, 0.29) is 5.91 Å². The van der Waals surface area contributed by atoms with Crippen LogP contribution in [-0.2, 0) is 20.0 Å². The molecule has 0 radical (unpaired) electrons. The number of nitrogens with one attached hydrogen (secondary N) is 2. The van der Waals surface area contributed by atoms with Gasteiger partial charge in [-0.25, -0.2) is 4.99 Å². The van der Waals surface area contributed by atoms with Crippen LogP contribution in [0.4, 0.5) is 5.69 Å². The number of ether oxygens (including phenoxy) is 2. The molecule has 0 atom stereocenters. The van der Waals surface area contributed by atoms with Gasteiger partial charge in [-0.2, -0.15) is 5.10 Å². The van der Waals surface area contributed by atoms with Gasteiger partial charge < -0.3 is 14.8 Å². The quantitative estimate of drug-likeness (QED) is 0.420. The van der Waals surface area contributed by atoms with E-state index in [0.29, 0.717) is 29.6 Å². The highest BCUT2D eigenvalue weighted by atomic mass is 16.5. The molecule has 0 saturated heterocycles. The topological polar surface area (TPSA) is 89.8 Å². The van der Waals surface area contributed by atoms with E-state index < -0.39 is 0 Å². The molecule has 0 aliphatic heterocycles. The third-order valence-corrected chi connectivity index (χ3v) is 5.58. The van der Waals surface area contributed by atoms with Crippen molar-refractivity contribution in [3.63, 3.8) is 0 Å². The van der Waals surface area contributed by atoms with Gasteiger partial charge in [-0.3, -0.25) is 14.8 Å². The first-order valence-corrected chi connectivity index (χ1v) is 10.8. The molecule has 2 aromatic carbocycles. The lowest BCUT2D eigenvalue weighted by Crippen LogP contribution is -2.36. The Labute approximate surface area is 194 Å². The minimum absolute atomic E-state index is 0.309. The number of methoxy groups -OCH3 is 2. The summed E-state index contributed by atoms with van der Waals surface area (Å²) in [6.45, 7) is 6.43. The van der Waals surface area contributed by atoms with Crippen LogP contribution in [0.15, 0.2) is 47.5 Å². The fourth-order valence-corrected chi connectivity index (χ4v) is 3.55. The van der Waals surface area contributed by atoms with Crippen LogP contribution >= 0.6 is 0 Å². The van der Waals surface area contributed by atoms with E-state index in [4.69, 9.17) is 14.5 Å². The summed E-state index contributed by atoms with van der Waals surface area (Å²) in [6, 6.07) is 13.0. The monoisotopic (exact) mass is 449 g/mol. The average Bonchev–Trinajstić information content (AvgIpc) is 3.07. The Hall–Kier alpha value is -3.81. The van der Waals surface area contributed by atoms with Crippen molar-refractivity contribution in [2.45, 2.75) is 33.7 Å². The first kappa shape index (κ1) is 23.8. The van der Waals surface area contributed by atoms with Crippen molar-refractivity contribution < 1.29 is 14.3 Å². The molecule has 1 amide bonds. The number of amides is 1. The smallest absolute Gasteiger partial charge is 0.258 e. The summed E-state index contributed by atoms with van der Waals surface area (Å²) in [4.78, 5) is 17.8. The second kappa shape index (κ2) is 10.7. The molecule has 0 aliphatic rings. The predicted molar refractivity (Wildman–Crippen MR) is 130 cm³/mol. The molecule has 0 spiro atoms. The van der Waals surface area contributed by atoms with Crippen molar-refractivity contribution in [1.82, 2.24) is 15.1 Å². The maximum Gasteiger partial charge on any atom is 0.258 e. The van der Waals surface area contributed by atoms with E-state index in [1.165, 1.54) is 7.11 Å². The Morgan fingerprint density at radius 3 is 2.45 bits per heavy atom. The van der Waals surface area contributed by atoms with Crippen LogP contribution < -0.4 is 20.1 Å². The van der Waals surface area contributed by atoms with Gasteiger partial charge in [0, 0.05) is 29.6 Å². The summed E-state index contributed by atoms with van der Waals surface area (Å²) in [5, 5.41) is 10.7. The molecule has 0 bridgehead atoms. The zero-order chi connectivity index (χ0) is 24.0. The molecule has 0 saturated carbocycles. The van der Waals surface area contributed by atoms with Crippen molar-refractivity contribution >= 4 is 17.6 Å². The van der Waals surface area contributed by atoms with Gasteiger partial charge in [0.05, 0.1) is 26.5 Å². The van der Waals surface area contributed by atoms with Crippen LogP contribution in [-0.4, -0.2) is 35.9 Å². The number of aromatic nitrogens is 2. The summed E-state index contributed by atoms with van der Waals surface area (Å²) in [6.07, 6.45) is 0.848. The molecule has 1 heterocycles. The molecule has 0 unspecified atom stereocenters. The Bertz CT molecular complexity index is 1170. The SMILES string of the molecule is CCc1ccccc1NC(=NCc1c(C)nn(C)c1C)NC(=O)c1ccc(OC)c(OC)c1. The molecule has 174 valence electrons. The number of hydrogen-bond donors (Lipinski definition) is 2. The second-order valence-electron chi connectivity index (χ2n) is 7.60. The van der Waals surface area contributed by atoms with E-state index in [2.05, 4.69) is 22.7 Å². The molecule has 2 N–H and O–H groups in total. The Kier molecular flexibility index (Phi) is 7.71. The minimum atomic E-state index is -0.309. The number of benzene rings is 2. The summed E-state index contributed by atoms with van der Waals surface area (Å²) >= 11 is 0. The first-order valence-electron chi connectivity index (χ1n) is 10.8. The van der Waals surface area contributed by atoms with Crippen molar-refractivity contribution in [1.29, 1.82) is 0 Å². The van der Waals surface area contributed by atoms with Crippen molar-refractivity contribution in [3.05, 3.63) is 70.5 Å². The van der Waals surface area contributed by atoms with Gasteiger partial charge in [0.25, 0.3) is 5.91 Å². The second-order valence-corrected chi connectivity index (χ2v) is 7.60. The van der Waals surface area contributed by atoms with E-state index >= 15 is 0 Å². The number of aryl methyl sites for hydroxylation is 3. The summed E-state index contributed by atoms with van der Waals surface area (Å²) in [5.41, 5.74) is 5.43. The Morgan fingerprint density at radius 1 is 1.09 bits per heavy atom. The third-order valence-electron chi connectivity index (χ3n) is 5.58. The Morgan fingerprint density at radius 2 is 1.82 bits per heavy atom. The Balaban J connectivity index is 1.91. The van der Waals surface area contributed by atoms with Crippen molar-refractivity contribution in [2.24, 2.45) is 12.0 Å². The van der Waals surface area contributed by atoms with Crippen LogP contribution in [0.25, 0.3) is 0 Å². The highest BCUT2D eigenvalue weighted by molar-refractivity contribution is 6.10. The molecule has 1 aromatic heterocycles. The highest BCUT2D eigenvalue weighted by Gasteiger charge is 2.15. The number of carbonyl (C=O) groups is 1. The van der Waals surface area contributed by atoms with Crippen LogP contribution in [0.1, 0.15) is 39.8 Å². The molecule has 0 aliphatic carbocycles. The normalized spacial score (nSPS) is 11.3. The average molecular weight is 450 g/mol. The number of carbonyl (C=O) groups excluding carboxylic acids is 1. The van der Waals surface area contributed by atoms with E-state index in [1.807, 2.05) is 49.8 Å². The first-order chi connectivity index (χ1) is 15.9. The van der Waals surface area contributed by atoms with Gasteiger partial charge in [-0.15, -0.1) is 0 Å². The van der Waals surface area contributed by atoms with Crippen molar-refractivity contribution in [2.75, 3.05) is 19.5 Å². The van der Waals surface area contributed by atoms with E-state index in [1.54, 1.807) is 25.3 Å². The maximum absolute atomic E-state index is 13.1. The minimum Gasteiger partial charge on any atom is -0.493 e. The lowest BCUT2D eigenvalue weighted by Gasteiger charge is -2.15. The fraction of sp³-hybridized carbons (Fsp3) is 0.320. The maximum atomic E-state index is 13.1. The van der Waals surface area contributed by atoms with Crippen molar-refractivity contribution in [3.8, 4) is 11.5 Å². The van der Waals surface area contributed by atoms with Crippen LogP contribution in [0.3, 0.4) is 0 Å². The van der Waals surface area contributed by atoms with E-state index in [9.17, 15) is 4.79 Å². The zero-order valence-electron chi connectivity index (χ0n) is 20.0. The molecule has 0 fully saturated rings. The largest absolute Gasteiger partial charge is 0.493 e. The number of nitrogens with zero attached hydrogens (tertiary/aromatic N) is 3. The lowest BCUT2D eigenvalue weighted by molar-refractivity contribution is 0.0976. The number of rotatable bonds is 7. The number of guanidine groups is 1. The van der Waals surface area contributed by atoms with Crippen LogP contribution in [0.5, 0.6) is 11.5 Å². The van der Waals surface area contributed by atoms with Gasteiger partial charge in [0.15, 0.2) is 11.5 Å². The zero-order valence-corrected chi connectivity index (χ0v) is 20.0.